The van der Waals surface area contributed by atoms with Gasteiger partial charge >= 0.3 is 11.9 Å². The first kappa shape index (κ1) is 59.7. The molecule has 2 unspecified atom stereocenters. The summed E-state index contributed by atoms with van der Waals surface area (Å²) < 4.78 is 33.9. The van der Waals surface area contributed by atoms with Crippen molar-refractivity contribution in [2.24, 2.45) is 0 Å². The Morgan fingerprint density at radius 3 is 1.35 bits per heavy atom. The van der Waals surface area contributed by atoms with E-state index < -0.39 is 32.5 Å². The molecule has 10 heteroatoms. The Bertz CT molecular complexity index is 1240. The van der Waals surface area contributed by atoms with Crippen molar-refractivity contribution < 1.29 is 42.1 Å². The number of rotatable bonds is 45. The maximum atomic E-state index is 12.7. The van der Waals surface area contributed by atoms with Crippen LogP contribution in [0.4, 0.5) is 0 Å². The van der Waals surface area contributed by atoms with E-state index in [1.165, 1.54) is 116 Å². The van der Waals surface area contributed by atoms with Gasteiger partial charge in [-0.3, -0.25) is 14.2 Å². The molecule has 0 saturated carbocycles. The fourth-order valence-corrected chi connectivity index (χ4v) is 7.42. The SMILES string of the molecule is CC/C=C\C/C=C\C/C=C\C/C=C\C/C=C\CCCC(=O)OC(COC(=O)CCCCCCCCCCCCCCCCCCCCCCC)COP(=O)([O-])OCC[N+](C)(C)C. The first-order chi connectivity index (χ1) is 30.0. The number of carbonyl (C=O) groups is 2. The number of quaternary nitrogens is 1. The summed E-state index contributed by atoms with van der Waals surface area (Å²) in [6.45, 7) is 4.07. The second-order valence-electron chi connectivity index (χ2n) is 17.8. The molecular weight excluding hydrogens is 798 g/mol. The summed E-state index contributed by atoms with van der Waals surface area (Å²) in [5.74, 6) is -0.898. The zero-order valence-electron chi connectivity index (χ0n) is 40.6. The number of hydrogen-bond donors (Lipinski definition) is 0. The largest absolute Gasteiger partial charge is 0.756 e. The van der Waals surface area contributed by atoms with E-state index in [9.17, 15) is 19.0 Å². The molecule has 0 bridgehead atoms. The molecule has 0 aliphatic heterocycles. The minimum Gasteiger partial charge on any atom is -0.756 e. The van der Waals surface area contributed by atoms with Gasteiger partial charge in [0.2, 0.25) is 0 Å². The van der Waals surface area contributed by atoms with Crippen LogP contribution in [-0.4, -0.2) is 70.0 Å². The Kier molecular flexibility index (Phi) is 42.3. The van der Waals surface area contributed by atoms with Gasteiger partial charge in [0.1, 0.15) is 19.8 Å². The van der Waals surface area contributed by atoms with Crippen molar-refractivity contribution in [1.82, 2.24) is 0 Å². The number of allylic oxidation sites excluding steroid dienone is 10. The molecule has 0 N–H and O–H groups in total. The average Bonchev–Trinajstić information content (AvgIpc) is 3.23. The number of ether oxygens (including phenoxy) is 2. The monoisotopic (exact) mass is 892 g/mol. The van der Waals surface area contributed by atoms with Gasteiger partial charge in [-0.25, -0.2) is 0 Å². The van der Waals surface area contributed by atoms with Crippen LogP contribution in [0.25, 0.3) is 0 Å². The minimum absolute atomic E-state index is 0.0426. The highest BCUT2D eigenvalue weighted by atomic mass is 31.2. The van der Waals surface area contributed by atoms with Crippen molar-refractivity contribution in [2.75, 3.05) is 47.5 Å². The van der Waals surface area contributed by atoms with Crippen molar-refractivity contribution in [3.63, 3.8) is 0 Å². The lowest BCUT2D eigenvalue weighted by Gasteiger charge is -2.28. The van der Waals surface area contributed by atoms with Gasteiger partial charge < -0.3 is 27.9 Å². The van der Waals surface area contributed by atoms with E-state index in [2.05, 4.69) is 68.5 Å². The Hall–Kier alpha value is -2.29. The summed E-state index contributed by atoms with van der Waals surface area (Å²) in [5.41, 5.74) is 0. The Labute approximate surface area is 381 Å². The number of esters is 2. The van der Waals surface area contributed by atoms with Crippen LogP contribution < -0.4 is 4.89 Å². The van der Waals surface area contributed by atoms with Crippen LogP contribution in [0.3, 0.4) is 0 Å². The lowest BCUT2D eigenvalue weighted by molar-refractivity contribution is -0.870. The van der Waals surface area contributed by atoms with Gasteiger partial charge in [0.15, 0.2) is 6.10 Å². The van der Waals surface area contributed by atoms with Gasteiger partial charge in [-0.15, -0.1) is 0 Å². The quantitative estimate of drug-likeness (QED) is 0.0195. The van der Waals surface area contributed by atoms with Gasteiger partial charge in [-0.05, 0) is 51.4 Å². The second kappa shape index (κ2) is 43.9. The third-order valence-corrected chi connectivity index (χ3v) is 11.5. The van der Waals surface area contributed by atoms with Crippen molar-refractivity contribution in [3.05, 3.63) is 60.8 Å². The molecule has 0 rings (SSSR count). The van der Waals surface area contributed by atoms with E-state index in [4.69, 9.17) is 18.5 Å². The maximum Gasteiger partial charge on any atom is 0.306 e. The van der Waals surface area contributed by atoms with E-state index in [0.29, 0.717) is 23.9 Å². The topological polar surface area (TPSA) is 111 Å². The van der Waals surface area contributed by atoms with E-state index in [1.54, 1.807) is 0 Å². The first-order valence-corrected chi connectivity index (χ1v) is 26.5. The Balaban J connectivity index is 4.31. The summed E-state index contributed by atoms with van der Waals surface area (Å²) in [6.07, 6.45) is 54.1. The molecule has 0 fully saturated rings. The Morgan fingerprint density at radius 2 is 0.919 bits per heavy atom. The maximum absolute atomic E-state index is 12.7. The van der Waals surface area contributed by atoms with Gasteiger partial charge in [0.05, 0.1) is 27.7 Å². The summed E-state index contributed by atoms with van der Waals surface area (Å²) in [6, 6.07) is 0. The molecule has 0 spiro atoms. The highest BCUT2D eigenvalue weighted by Crippen LogP contribution is 2.38. The summed E-state index contributed by atoms with van der Waals surface area (Å²) >= 11 is 0. The smallest absolute Gasteiger partial charge is 0.306 e. The Morgan fingerprint density at radius 1 is 0.516 bits per heavy atom. The number of phosphoric ester groups is 1. The van der Waals surface area contributed by atoms with Crippen molar-refractivity contribution in [1.29, 1.82) is 0 Å². The van der Waals surface area contributed by atoms with Crippen LogP contribution >= 0.6 is 7.82 Å². The molecular formula is C52H94NO8P. The predicted octanol–water partition coefficient (Wildman–Crippen LogP) is 14.2. The lowest BCUT2D eigenvalue weighted by Crippen LogP contribution is -2.37. The van der Waals surface area contributed by atoms with Gasteiger partial charge in [0, 0.05) is 12.8 Å². The number of likely N-dealkylation sites (N-methyl/N-ethyl adjacent to an activating group) is 1. The van der Waals surface area contributed by atoms with Crippen LogP contribution in [0.5, 0.6) is 0 Å². The van der Waals surface area contributed by atoms with E-state index in [0.717, 1.165) is 51.4 Å². The number of phosphoric acid groups is 1. The first-order valence-electron chi connectivity index (χ1n) is 25.0. The number of hydrogen-bond acceptors (Lipinski definition) is 8. The van der Waals surface area contributed by atoms with Crippen molar-refractivity contribution in [2.45, 2.75) is 213 Å². The molecule has 0 aliphatic carbocycles. The molecule has 0 saturated heterocycles. The van der Waals surface area contributed by atoms with Gasteiger partial charge in [-0.2, -0.15) is 0 Å². The minimum atomic E-state index is -4.65. The molecule has 0 radical (unpaired) electrons. The van der Waals surface area contributed by atoms with E-state index in [1.807, 2.05) is 27.2 Å². The number of carbonyl (C=O) groups excluding carboxylic acids is 2. The van der Waals surface area contributed by atoms with Gasteiger partial charge in [-0.1, -0.05) is 203 Å². The third-order valence-electron chi connectivity index (χ3n) is 10.6. The average molecular weight is 892 g/mol. The molecule has 9 nitrogen and oxygen atoms in total. The standard InChI is InChI=1S/C52H94NO8P/c1-6-8-10-12-14-16-18-20-22-24-25-26-27-29-30-32-34-36-38-40-42-44-51(54)58-48-50(49-60-62(56,57)59-47-46-53(3,4)5)61-52(55)45-43-41-39-37-35-33-31-28-23-21-19-17-15-13-11-9-7-2/h9,11,15,17,21,23,31,33,37,39,50H,6-8,10,12-14,16,18-20,22,24-30,32,34-36,38,40-49H2,1-5H3/b11-9-,17-15-,23-21-,33-31-,39-37-. The van der Waals surface area contributed by atoms with Gasteiger partial charge in [0.25, 0.3) is 7.82 Å². The highest BCUT2D eigenvalue weighted by molar-refractivity contribution is 7.45. The molecule has 0 aromatic heterocycles. The summed E-state index contributed by atoms with van der Waals surface area (Å²) in [4.78, 5) is 37.6. The van der Waals surface area contributed by atoms with Crippen LogP contribution in [0.1, 0.15) is 206 Å². The van der Waals surface area contributed by atoms with Crippen LogP contribution in [0, 0.1) is 0 Å². The lowest BCUT2D eigenvalue weighted by atomic mass is 10.0. The summed E-state index contributed by atoms with van der Waals surface area (Å²) in [5, 5.41) is 0. The third kappa shape index (κ3) is 47.2. The molecule has 2 atom stereocenters. The molecule has 360 valence electrons. The number of nitrogens with zero attached hydrogens (tertiary/aromatic N) is 1. The fourth-order valence-electron chi connectivity index (χ4n) is 6.69. The zero-order valence-corrected chi connectivity index (χ0v) is 41.4. The van der Waals surface area contributed by atoms with Crippen LogP contribution in [0.15, 0.2) is 60.8 Å². The number of unbranched alkanes of at least 4 members (excludes halogenated alkanes) is 21. The molecule has 0 aromatic rings. The molecule has 62 heavy (non-hydrogen) atoms. The van der Waals surface area contributed by atoms with Crippen LogP contribution in [-0.2, 0) is 32.7 Å². The van der Waals surface area contributed by atoms with Crippen molar-refractivity contribution >= 4 is 19.8 Å². The predicted molar refractivity (Wildman–Crippen MR) is 259 cm³/mol. The van der Waals surface area contributed by atoms with Crippen molar-refractivity contribution in [3.8, 4) is 0 Å². The molecule has 0 aliphatic rings. The molecule has 0 heterocycles. The van der Waals surface area contributed by atoms with Crippen LogP contribution in [0.2, 0.25) is 0 Å². The fraction of sp³-hybridized carbons (Fsp3) is 0.769. The highest BCUT2D eigenvalue weighted by Gasteiger charge is 2.21. The van der Waals surface area contributed by atoms with E-state index in [-0.39, 0.29) is 26.1 Å². The summed E-state index contributed by atoms with van der Waals surface area (Å²) in [7, 11) is 1.13. The normalized spacial score (nSPS) is 14.0. The van der Waals surface area contributed by atoms with E-state index >= 15 is 0 Å². The second-order valence-corrected chi connectivity index (χ2v) is 19.2. The zero-order chi connectivity index (χ0) is 45.7. The molecule has 0 aromatic carbocycles. The molecule has 0 amide bonds.